The molecule has 0 spiro atoms. The van der Waals surface area contributed by atoms with Crippen molar-refractivity contribution >= 4 is 33.4 Å². The zero-order valence-electron chi connectivity index (χ0n) is 14.0. The number of hydrogen-bond acceptors (Lipinski definition) is 4. The minimum absolute atomic E-state index is 0.0968. The lowest BCUT2D eigenvalue weighted by molar-refractivity contribution is -0.116. The van der Waals surface area contributed by atoms with Crippen LogP contribution in [0.25, 0.3) is 21.8 Å². The Hall–Kier alpha value is -3.48. The molecule has 0 aliphatic carbocycles. The lowest BCUT2D eigenvalue weighted by Crippen LogP contribution is -2.25. The third-order valence-electron chi connectivity index (χ3n) is 4.27. The van der Waals surface area contributed by atoms with Crippen LogP contribution < -0.4 is 10.9 Å². The Balaban J connectivity index is 1.40. The molecule has 0 aliphatic rings. The SMILES string of the molecule is O=C(CCCn1nnc2ccccc2c1=O)Nc1cccc2[nH]ccc12. The fourth-order valence-electron chi connectivity index (χ4n) is 2.97. The van der Waals surface area contributed by atoms with Crippen LogP contribution in [-0.4, -0.2) is 25.9 Å². The summed E-state index contributed by atoms with van der Waals surface area (Å²) >= 11 is 0. The van der Waals surface area contributed by atoms with Crippen LogP contribution in [0.15, 0.2) is 59.5 Å². The molecule has 130 valence electrons. The van der Waals surface area contributed by atoms with E-state index < -0.39 is 0 Å². The topological polar surface area (TPSA) is 92.7 Å². The van der Waals surface area contributed by atoms with Crippen molar-refractivity contribution < 1.29 is 4.79 Å². The first-order chi connectivity index (χ1) is 12.7. The van der Waals surface area contributed by atoms with Gasteiger partial charge in [-0.15, -0.1) is 5.10 Å². The second-order valence-corrected chi connectivity index (χ2v) is 6.03. The van der Waals surface area contributed by atoms with Gasteiger partial charge in [0.1, 0.15) is 5.52 Å². The third kappa shape index (κ3) is 3.06. The van der Waals surface area contributed by atoms with Crippen LogP contribution in [0.2, 0.25) is 0 Å². The predicted octanol–water partition coefficient (Wildman–Crippen LogP) is 2.69. The number of nitrogens with zero attached hydrogens (tertiary/aromatic N) is 3. The highest BCUT2D eigenvalue weighted by Crippen LogP contribution is 2.22. The fraction of sp³-hybridized carbons (Fsp3) is 0.158. The number of nitrogens with one attached hydrogen (secondary N) is 2. The van der Waals surface area contributed by atoms with Gasteiger partial charge in [-0.3, -0.25) is 9.59 Å². The van der Waals surface area contributed by atoms with Gasteiger partial charge in [-0.05, 0) is 36.8 Å². The standard InChI is InChI=1S/C19H17N5O2/c25-18(21-16-8-3-7-15-13(16)10-11-20-15)9-4-12-24-19(26)14-5-1-2-6-17(14)22-23-24/h1-3,5-8,10-11,20H,4,9,12H2,(H,21,25). The van der Waals surface area contributed by atoms with E-state index in [2.05, 4.69) is 20.6 Å². The van der Waals surface area contributed by atoms with Crippen molar-refractivity contribution in [1.29, 1.82) is 0 Å². The molecule has 7 heteroatoms. The second-order valence-electron chi connectivity index (χ2n) is 6.03. The van der Waals surface area contributed by atoms with Gasteiger partial charge in [-0.25, -0.2) is 4.68 Å². The number of benzene rings is 2. The summed E-state index contributed by atoms with van der Waals surface area (Å²) in [6, 6.07) is 14.7. The summed E-state index contributed by atoms with van der Waals surface area (Å²) in [5.41, 5.74) is 2.14. The van der Waals surface area contributed by atoms with Gasteiger partial charge >= 0.3 is 0 Å². The van der Waals surface area contributed by atoms with Crippen LogP contribution in [0.5, 0.6) is 0 Å². The number of aromatic amines is 1. The Bertz CT molecular complexity index is 1150. The summed E-state index contributed by atoms with van der Waals surface area (Å²) in [6.45, 7) is 0.346. The summed E-state index contributed by atoms with van der Waals surface area (Å²) in [5, 5.41) is 12.4. The quantitative estimate of drug-likeness (QED) is 0.580. The molecule has 1 amide bonds. The van der Waals surface area contributed by atoms with Crippen LogP contribution in [0.4, 0.5) is 5.69 Å². The van der Waals surface area contributed by atoms with Gasteiger partial charge in [0.25, 0.3) is 5.56 Å². The van der Waals surface area contributed by atoms with Gasteiger partial charge in [0, 0.05) is 30.1 Å². The number of rotatable bonds is 5. The van der Waals surface area contributed by atoms with Gasteiger partial charge in [-0.2, -0.15) is 0 Å². The van der Waals surface area contributed by atoms with Crippen molar-refractivity contribution in [3.05, 3.63) is 65.1 Å². The van der Waals surface area contributed by atoms with Crippen molar-refractivity contribution in [2.24, 2.45) is 0 Å². The van der Waals surface area contributed by atoms with E-state index in [1.165, 1.54) is 4.68 Å². The number of carbonyl (C=O) groups is 1. The van der Waals surface area contributed by atoms with Crippen molar-refractivity contribution in [2.75, 3.05) is 5.32 Å². The molecule has 0 saturated heterocycles. The minimum atomic E-state index is -0.187. The Labute approximate surface area is 148 Å². The molecule has 0 aliphatic heterocycles. The zero-order valence-corrected chi connectivity index (χ0v) is 14.0. The molecule has 0 fully saturated rings. The molecule has 0 radical (unpaired) electrons. The van der Waals surface area contributed by atoms with Crippen LogP contribution >= 0.6 is 0 Å². The summed E-state index contributed by atoms with van der Waals surface area (Å²) in [6.07, 6.45) is 2.63. The highest BCUT2D eigenvalue weighted by molar-refractivity contribution is 6.01. The first-order valence-electron chi connectivity index (χ1n) is 8.41. The van der Waals surface area contributed by atoms with Gasteiger partial charge in [0.15, 0.2) is 0 Å². The minimum Gasteiger partial charge on any atom is -0.361 e. The van der Waals surface area contributed by atoms with Crippen molar-refractivity contribution in [2.45, 2.75) is 19.4 Å². The number of aromatic nitrogens is 4. The van der Waals surface area contributed by atoms with Gasteiger partial charge in [-0.1, -0.05) is 23.4 Å². The maximum atomic E-state index is 12.4. The second kappa shape index (κ2) is 6.79. The van der Waals surface area contributed by atoms with Crippen molar-refractivity contribution in [1.82, 2.24) is 20.0 Å². The average Bonchev–Trinajstić information content (AvgIpc) is 3.14. The predicted molar refractivity (Wildman–Crippen MR) is 100.0 cm³/mol. The fourth-order valence-corrected chi connectivity index (χ4v) is 2.97. The van der Waals surface area contributed by atoms with Crippen LogP contribution in [0.3, 0.4) is 0 Å². The smallest absolute Gasteiger partial charge is 0.277 e. The van der Waals surface area contributed by atoms with E-state index in [0.717, 1.165) is 16.6 Å². The number of amides is 1. The number of hydrogen-bond donors (Lipinski definition) is 2. The Morgan fingerprint density at radius 3 is 2.88 bits per heavy atom. The molecule has 4 rings (SSSR count). The lowest BCUT2D eigenvalue weighted by Gasteiger charge is -2.07. The van der Waals surface area contributed by atoms with Gasteiger partial charge < -0.3 is 10.3 Å². The van der Waals surface area contributed by atoms with Crippen molar-refractivity contribution in [3.8, 4) is 0 Å². The molecule has 26 heavy (non-hydrogen) atoms. The number of H-pyrrole nitrogens is 1. The largest absolute Gasteiger partial charge is 0.361 e. The maximum Gasteiger partial charge on any atom is 0.277 e. The molecule has 0 saturated carbocycles. The number of anilines is 1. The molecule has 2 aromatic carbocycles. The van der Waals surface area contributed by atoms with E-state index in [1.807, 2.05) is 36.5 Å². The number of carbonyl (C=O) groups excluding carboxylic acids is 1. The molecular formula is C19H17N5O2. The third-order valence-corrected chi connectivity index (χ3v) is 4.27. The molecule has 4 aromatic rings. The van der Waals surface area contributed by atoms with Gasteiger partial charge in [0.05, 0.1) is 11.1 Å². The van der Waals surface area contributed by atoms with Crippen molar-refractivity contribution in [3.63, 3.8) is 0 Å². The molecule has 0 unspecified atom stereocenters. The average molecular weight is 347 g/mol. The molecule has 0 bridgehead atoms. The first-order valence-corrected chi connectivity index (χ1v) is 8.41. The molecule has 2 N–H and O–H groups in total. The maximum absolute atomic E-state index is 12.4. The zero-order chi connectivity index (χ0) is 17.9. The monoisotopic (exact) mass is 347 g/mol. The van der Waals surface area contributed by atoms with E-state index in [-0.39, 0.29) is 11.5 Å². The summed E-state index contributed by atoms with van der Waals surface area (Å²) in [5.74, 6) is -0.0968. The lowest BCUT2D eigenvalue weighted by atomic mass is 10.2. The first kappa shape index (κ1) is 16.0. The summed E-state index contributed by atoms with van der Waals surface area (Å²) in [4.78, 5) is 27.7. The number of fused-ring (bicyclic) bond motifs is 2. The van der Waals surface area contributed by atoms with E-state index in [4.69, 9.17) is 0 Å². The highest BCUT2D eigenvalue weighted by atomic mass is 16.1. The molecule has 0 atom stereocenters. The summed E-state index contributed by atoms with van der Waals surface area (Å²) in [7, 11) is 0. The Morgan fingerprint density at radius 1 is 1.08 bits per heavy atom. The van der Waals surface area contributed by atoms with E-state index in [0.29, 0.717) is 30.3 Å². The molecule has 7 nitrogen and oxygen atoms in total. The van der Waals surface area contributed by atoms with Crippen LogP contribution in [-0.2, 0) is 11.3 Å². The highest BCUT2D eigenvalue weighted by Gasteiger charge is 2.08. The van der Waals surface area contributed by atoms with Gasteiger partial charge in [0.2, 0.25) is 5.91 Å². The molecule has 2 aromatic heterocycles. The Morgan fingerprint density at radius 2 is 1.96 bits per heavy atom. The summed E-state index contributed by atoms with van der Waals surface area (Å²) < 4.78 is 1.31. The molecule has 2 heterocycles. The molecular weight excluding hydrogens is 330 g/mol. The van der Waals surface area contributed by atoms with E-state index in [1.54, 1.807) is 18.2 Å². The van der Waals surface area contributed by atoms with E-state index >= 15 is 0 Å². The van der Waals surface area contributed by atoms with E-state index in [9.17, 15) is 9.59 Å². The van der Waals surface area contributed by atoms with Crippen LogP contribution in [0, 0.1) is 0 Å². The Kier molecular flexibility index (Phi) is 4.18. The number of aryl methyl sites for hydroxylation is 1. The van der Waals surface area contributed by atoms with Crippen LogP contribution in [0.1, 0.15) is 12.8 Å². The normalized spacial score (nSPS) is 11.1.